The summed E-state index contributed by atoms with van der Waals surface area (Å²) in [6, 6.07) is 5.71. The van der Waals surface area contributed by atoms with E-state index in [1.807, 2.05) is 0 Å². The molecule has 0 fully saturated rings. The number of carbonyl (C=O) groups is 1. The van der Waals surface area contributed by atoms with Gasteiger partial charge in [0, 0.05) is 24.5 Å². The summed E-state index contributed by atoms with van der Waals surface area (Å²) in [4.78, 5) is 12.7. The number of benzene rings is 1. The second-order valence-corrected chi connectivity index (χ2v) is 7.87. The minimum atomic E-state index is -4.25. The number of nitrogens with zero attached hydrogens (tertiary/aromatic N) is 1. The average Bonchev–Trinajstić information content (AvgIpc) is 2.50. The van der Waals surface area contributed by atoms with Gasteiger partial charge in [-0.2, -0.15) is 13.2 Å². The Morgan fingerprint density at radius 3 is 2.58 bits per heavy atom. The molecule has 148 valence electrons. The maximum absolute atomic E-state index is 12.1. The van der Waals surface area contributed by atoms with E-state index in [0.29, 0.717) is 6.42 Å². The summed E-state index contributed by atoms with van der Waals surface area (Å²) in [6.45, 7) is -0.718. The second-order valence-electron chi connectivity index (χ2n) is 5.66. The molecule has 0 unspecified atom stereocenters. The summed E-state index contributed by atoms with van der Waals surface area (Å²) in [6.07, 6.45) is -3.98. The van der Waals surface area contributed by atoms with Crippen molar-refractivity contribution < 1.29 is 26.4 Å². The lowest BCUT2D eigenvalue weighted by Gasteiger charge is -2.18. The molecule has 0 spiro atoms. The van der Waals surface area contributed by atoms with Crippen molar-refractivity contribution in [1.29, 1.82) is 0 Å². The summed E-state index contributed by atoms with van der Waals surface area (Å²) in [5.41, 5.74) is 0. The maximum atomic E-state index is 12.1. The standard InChI is InChI=1S/C15H21ClF3N3O3S/c1-22(11-15(17,18)19)9-3-7-20-14(23)6-8-21-26(24,25)13-5-2-4-12(16)10-13/h2,4-5,10,21H,3,6-9,11H2,1H3,(H,20,23). The van der Waals surface area contributed by atoms with E-state index in [9.17, 15) is 26.4 Å². The first-order valence-electron chi connectivity index (χ1n) is 7.77. The normalized spacial score (nSPS) is 12.4. The molecule has 1 aromatic rings. The molecule has 0 aliphatic rings. The van der Waals surface area contributed by atoms with Gasteiger partial charge in [-0.25, -0.2) is 13.1 Å². The third-order valence-corrected chi connectivity index (χ3v) is 4.93. The van der Waals surface area contributed by atoms with Crippen molar-refractivity contribution in [1.82, 2.24) is 14.9 Å². The molecule has 0 aliphatic carbocycles. The van der Waals surface area contributed by atoms with Gasteiger partial charge in [0.25, 0.3) is 0 Å². The number of sulfonamides is 1. The molecule has 6 nitrogen and oxygen atoms in total. The fraction of sp³-hybridized carbons (Fsp3) is 0.533. The largest absolute Gasteiger partial charge is 0.401 e. The predicted molar refractivity (Wildman–Crippen MR) is 92.4 cm³/mol. The first-order chi connectivity index (χ1) is 12.0. The number of nitrogens with one attached hydrogen (secondary N) is 2. The van der Waals surface area contributed by atoms with E-state index in [4.69, 9.17) is 11.6 Å². The van der Waals surface area contributed by atoms with Crippen LogP contribution in [0.2, 0.25) is 5.02 Å². The third-order valence-electron chi connectivity index (χ3n) is 3.24. The molecule has 0 saturated carbocycles. The van der Waals surface area contributed by atoms with Crippen LogP contribution in [0.15, 0.2) is 29.2 Å². The van der Waals surface area contributed by atoms with Crippen LogP contribution in [-0.4, -0.2) is 58.6 Å². The van der Waals surface area contributed by atoms with Crippen LogP contribution in [0.3, 0.4) is 0 Å². The van der Waals surface area contributed by atoms with Crippen molar-refractivity contribution in [3.8, 4) is 0 Å². The summed E-state index contributed by atoms with van der Waals surface area (Å²) in [5, 5.41) is 2.81. The number of carbonyl (C=O) groups excluding carboxylic acids is 1. The van der Waals surface area contributed by atoms with Crippen molar-refractivity contribution in [2.45, 2.75) is 23.9 Å². The Morgan fingerprint density at radius 2 is 1.96 bits per heavy atom. The van der Waals surface area contributed by atoms with E-state index in [1.165, 1.54) is 25.2 Å². The Morgan fingerprint density at radius 1 is 1.27 bits per heavy atom. The molecule has 0 aromatic heterocycles. The minimum Gasteiger partial charge on any atom is -0.356 e. The Hall–Kier alpha value is -1.36. The van der Waals surface area contributed by atoms with Crippen molar-refractivity contribution >= 4 is 27.5 Å². The molecule has 1 aromatic carbocycles. The maximum Gasteiger partial charge on any atom is 0.401 e. The highest BCUT2D eigenvalue weighted by atomic mass is 35.5. The zero-order valence-corrected chi connectivity index (χ0v) is 15.7. The van der Waals surface area contributed by atoms with Crippen LogP contribution in [-0.2, 0) is 14.8 Å². The van der Waals surface area contributed by atoms with Gasteiger partial charge >= 0.3 is 6.18 Å². The number of hydrogen-bond donors (Lipinski definition) is 2. The number of halogens is 4. The molecule has 1 rings (SSSR count). The van der Waals surface area contributed by atoms with E-state index in [1.54, 1.807) is 6.07 Å². The van der Waals surface area contributed by atoms with Gasteiger partial charge in [0.1, 0.15) is 0 Å². The van der Waals surface area contributed by atoms with Crippen molar-refractivity contribution in [2.24, 2.45) is 0 Å². The highest BCUT2D eigenvalue weighted by Crippen LogP contribution is 2.16. The molecular formula is C15H21ClF3N3O3S. The average molecular weight is 416 g/mol. The van der Waals surface area contributed by atoms with Crippen LogP contribution in [0.1, 0.15) is 12.8 Å². The minimum absolute atomic E-state index is 0.00175. The first-order valence-corrected chi connectivity index (χ1v) is 9.63. The lowest BCUT2D eigenvalue weighted by molar-refractivity contribution is -0.143. The Kier molecular flexibility index (Phi) is 8.81. The molecule has 0 saturated heterocycles. The van der Waals surface area contributed by atoms with E-state index >= 15 is 0 Å². The Labute approximate surface area is 155 Å². The fourth-order valence-electron chi connectivity index (χ4n) is 2.07. The van der Waals surface area contributed by atoms with Crippen LogP contribution in [0, 0.1) is 0 Å². The molecule has 2 N–H and O–H groups in total. The monoisotopic (exact) mass is 415 g/mol. The predicted octanol–water partition coefficient (Wildman–Crippen LogP) is 2.01. The van der Waals surface area contributed by atoms with Gasteiger partial charge in [-0.05, 0) is 38.2 Å². The van der Waals surface area contributed by atoms with Crippen LogP contribution in [0.25, 0.3) is 0 Å². The molecule has 0 heterocycles. The Balaban J connectivity index is 2.24. The van der Waals surface area contributed by atoms with Gasteiger partial charge < -0.3 is 5.32 Å². The van der Waals surface area contributed by atoms with Crippen LogP contribution < -0.4 is 10.0 Å². The molecule has 0 bridgehead atoms. The van der Waals surface area contributed by atoms with Gasteiger partial charge in [-0.3, -0.25) is 9.69 Å². The summed E-state index contributed by atoms with van der Waals surface area (Å²) in [5.74, 6) is -0.391. The molecule has 0 atom stereocenters. The van der Waals surface area contributed by atoms with Gasteiger partial charge in [-0.15, -0.1) is 0 Å². The first kappa shape index (κ1) is 22.7. The van der Waals surface area contributed by atoms with Crippen molar-refractivity contribution in [3.63, 3.8) is 0 Å². The van der Waals surface area contributed by atoms with Crippen LogP contribution >= 0.6 is 11.6 Å². The molecule has 0 aliphatic heterocycles. The Bertz CT molecular complexity index is 699. The van der Waals surface area contributed by atoms with E-state index in [0.717, 1.165) is 4.90 Å². The van der Waals surface area contributed by atoms with Gasteiger partial charge in [0.05, 0.1) is 11.4 Å². The van der Waals surface area contributed by atoms with Gasteiger partial charge in [0.15, 0.2) is 0 Å². The molecule has 26 heavy (non-hydrogen) atoms. The van der Waals surface area contributed by atoms with Crippen molar-refractivity contribution in [2.75, 3.05) is 33.2 Å². The van der Waals surface area contributed by atoms with Crippen molar-refractivity contribution in [3.05, 3.63) is 29.3 Å². The van der Waals surface area contributed by atoms with E-state index < -0.39 is 28.7 Å². The lowest BCUT2D eigenvalue weighted by Crippen LogP contribution is -2.34. The summed E-state index contributed by atoms with van der Waals surface area (Å²) < 4.78 is 62.8. The smallest absolute Gasteiger partial charge is 0.356 e. The number of amides is 1. The third kappa shape index (κ3) is 9.37. The van der Waals surface area contributed by atoms with Gasteiger partial charge in [-0.1, -0.05) is 17.7 Å². The van der Waals surface area contributed by atoms with Gasteiger partial charge in [0.2, 0.25) is 15.9 Å². The highest BCUT2D eigenvalue weighted by Gasteiger charge is 2.28. The SMILES string of the molecule is CN(CCCNC(=O)CCNS(=O)(=O)c1cccc(Cl)c1)CC(F)(F)F. The molecular weight excluding hydrogens is 395 g/mol. The number of hydrogen-bond acceptors (Lipinski definition) is 4. The zero-order chi connectivity index (χ0) is 19.8. The lowest BCUT2D eigenvalue weighted by atomic mass is 10.3. The zero-order valence-electron chi connectivity index (χ0n) is 14.1. The fourth-order valence-corrected chi connectivity index (χ4v) is 3.40. The van der Waals surface area contributed by atoms with Crippen LogP contribution in [0.5, 0.6) is 0 Å². The highest BCUT2D eigenvalue weighted by molar-refractivity contribution is 7.89. The van der Waals surface area contributed by atoms with E-state index in [2.05, 4.69) is 10.0 Å². The van der Waals surface area contributed by atoms with Crippen LogP contribution in [0.4, 0.5) is 13.2 Å². The van der Waals surface area contributed by atoms with E-state index in [-0.39, 0.29) is 36.0 Å². The number of rotatable bonds is 10. The topological polar surface area (TPSA) is 78.5 Å². The second kappa shape index (κ2) is 10.1. The summed E-state index contributed by atoms with van der Waals surface area (Å²) in [7, 11) is -2.41. The number of alkyl halides is 3. The quantitative estimate of drug-likeness (QED) is 0.573. The molecule has 1 amide bonds. The molecule has 0 radical (unpaired) electrons. The summed E-state index contributed by atoms with van der Waals surface area (Å²) >= 11 is 5.74. The molecule has 11 heteroatoms.